The van der Waals surface area contributed by atoms with Crippen molar-refractivity contribution in [3.8, 4) is 0 Å². The zero-order valence-electron chi connectivity index (χ0n) is 17.8. The molecule has 30 heavy (non-hydrogen) atoms. The Labute approximate surface area is 177 Å². The fourth-order valence-electron chi connectivity index (χ4n) is 4.91. The molecule has 1 saturated carbocycles. The molecule has 2 atom stereocenters. The normalized spacial score (nSPS) is 26.0. The SMILES string of the molecule is CCS(=O)(=O)c1ccc(NC(=O)CN2C(=O)N[C@@]3(C[C@H](C)CC(C)(C)C3)C2=O)cc1. The van der Waals surface area contributed by atoms with E-state index in [9.17, 15) is 22.8 Å². The van der Waals surface area contributed by atoms with Crippen LogP contribution in [0.3, 0.4) is 0 Å². The summed E-state index contributed by atoms with van der Waals surface area (Å²) in [5.74, 6) is -0.608. The molecule has 2 fully saturated rings. The second-order valence-electron chi connectivity index (χ2n) is 9.23. The van der Waals surface area contributed by atoms with Crippen molar-refractivity contribution in [1.29, 1.82) is 0 Å². The standard InChI is InChI=1S/C21H29N3O5S/c1-5-30(28,29)16-8-6-15(7-9-16)22-17(25)12-24-18(26)21(23-19(24)27)11-14(2)10-20(3,4)13-21/h6-9,14H,5,10-13H2,1-4H3,(H,22,25)(H,23,27)/t14-,21-/m1/s1. The van der Waals surface area contributed by atoms with Crippen molar-refractivity contribution >= 4 is 33.4 Å². The third-order valence-electron chi connectivity index (χ3n) is 5.80. The van der Waals surface area contributed by atoms with E-state index < -0.39 is 33.9 Å². The second-order valence-corrected chi connectivity index (χ2v) is 11.5. The highest BCUT2D eigenvalue weighted by molar-refractivity contribution is 7.91. The molecule has 1 aliphatic heterocycles. The number of benzene rings is 1. The second kappa shape index (κ2) is 7.68. The predicted molar refractivity (Wildman–Crippen MR) is 113 cm³/mol. The Morgan fingerprint density at radius 2 is 1.83 bits per heavy atom. The summed E-state index contributed by atoms with van der Waals surface area (Å²) in [5, 5.41) is 5.46. The molecule has 1 saturated heterocycles. The van der Waals surface area contributed by atoms with Crippen molar-refractivity contribution in [3.05, 3.63) is 24.3 Å². The number of nitrogens with zero attached hydrogens (tertiary/aromatic N) is 1. The highest BCUT2D eigenvalue weighted by Crippen LogP contribution is 2.46. The fourth-order valence-corrected chi connectivity index (χ4v) is 5.79. The average molecular weight is 436 g/mol. The molecule has 3 rings (SSSR count). The number of rotatable bonds is 5. The summed E-state index contributed by atoms with van der Waals surface area (Å²) in [4.78, 5) is 39.2. The van der Waals surface area contributed by atoms with Gasteiger partial charge in [-0.05, 0) is 54.9 Å². The van der Waals surface area contributed by atoms with Gasteiger partial charge in [0, 0.05) is 5.69 Å². The van der Waals surface area contributed by atoms with Gasteiger partial charge in [0.05, 0.1) is 10.6 Å². The van der Waals surface area contributed by atoms with E-state index in [1.807, 2.05) is 0 Å². The summed E-state index contributed by atoms with van der Waals surface area (Å²) >= 11 is 0. The van der Waals surface area contributed by atoms with Crippen LogP contribution in [0.1, 0.15) is 47.0 Å². The highest BCUT2D eigenvalue weighted by atomic mass is 32.2. The van der Waals surface area contributed by atoms with Gasteiger partial charge in [-0.2, -0.15) is 0 Å². The van der Waals surface area contributed by atoms with E-state index in [2.05, 4.69) is 31.4 Å². The quantitative estimate of drug-likeness (QED) is 0.690. The smallest absolute Gasteiger partial charge is 0.325 e. The van der Waals surface area contributed by atoms with Crippen LogP contribution in [-0.4, -0.2) is 49.0 Å². The Morgan fingerprint density at radius 3 is 2.40 bits per heavy atom. The largest absolute Gasteiger partial charge is 0.325 e. The lowest BCUT2D eigenvalue weighted by Gasteiger charge is -2.43. The van der Waals surface area contributed by atoms with Crippen molar-refractivity contribution < 1.29 is 22.8 Å². The Bertz CT molecular complexity index is 971. The number of anilines is 1. The van der Waals surface area contributed by atoms with Crippen molar-refractivity contribution in [2.75, 3.05) is 17.6 Å². The molecule has 2 aliphatic rings. The van der Waals surface area contributed by atoms with Crippen LogP contribution >= 0.6 is 0 Å². The molecule has 1 spiro atoms. The summed E-state index contributed by atoms with van der Waals surface area (Å²) in [6.45, 7) is 7.41. The molecule has 4 amide bonds. The number of hydrogen-bond donors (Lipinski definition) is 2. The van der Waals surface area contributed by atoms with E-state index in [1.54, 1.807) is 6.92 Å². The maximum absolute atomic E-state index is 13.1. The van der Waals surface area contributed by atoms with Crippen molar-refractivity contribution in [3.63, 3.8) is 0 Å². The van der Waals surface area contributed by atoms with Crippen molar-refractivity contribution in [2.45, 2.75) is 57.4 Å². The first-order valence-electron chi connectivity index (χ1n) is 10.1. The number of hydrogen-bond acceptors (Lipinski definition) is 5. The Balaban J connectivity index is 1.68. The van der Waals surface area contributed by atoms with Crippen LogP contribution in [0, 0.1) is 11.3 Å². The summed E-state index contributed by atoms with van der Waals surface area (Å²) in [6.07, 6.45) is 2.08. The number of amides is 4. The van der Waals surface area contributed by atoms with Gasteiger partial charge in [0.1, 0.15) is 12.1 Å². The number of nitrogens with one attached hydrogen (secondary N) is 2. The number of carbonyl (C=O) groups excluding carboxylic acids is 3. The van der Waals surface area contributed by atoms with Gasteiger partial charge in [-0.15, -0.1) is 0 Å². The molecule has 0 unspecified atom stereocenters. The van der Waals surface area contributed by atoms with Crippen LogP contribution in [0.2, 0.25) is 0 Å². The van der Waals surface area contributed by atoms with Crippen LogP contribution in [-0.2, 0) is 19.4 Å². The zero-order valence-corrected chi connectivity index (χ0v) is 18.6. The molecule has 1 aromatic carbocycles. The molecule has 1 heterocycles. The van der Waals surface area contributed by atoms with Gasteiger partial charge in [-0.1, -0.05) is 27.7 Å². The summed E-state index contributed by atoms with van der Waals surface area (Å²) in [6, 6.07) is 5.26. The van der Waals surface area contributed by atoms with Crippen LogP contribution in [0.4, 0.5) is 10.5 Å². The minimum absolute atomic E-state index is 0.0118. The summed E-state index contributed by atoms with van der Waals surface area (Å²) in [7, 11) is -3.33. The molecule has 0 radical (unpaired) electrons. The van der Waals surface area contributed by atoms with Gasteiger partial charge < -0.3 is 10.6 Å². The third-order valence-corrected chi connectivity index (χ3v) is 7.55. The first-order valence-corrected chi connectivity index (χ1v) is 11.8. The molecule has 9 heteroatoms. The van der Waals surface area contributed by atoms with E-state index in [0.717, 1.165) is 11.3 Å². The van der Waals surface area contributed by atoms with Gasteiger partial charge in [-0.3, -0.25) is 14.5 Å². The fraction of sp³-hybridized carbons (Fsp3) is 0.571. The lowest BCUT2D eigenvalue weighted by Crippen LogP contribution is -2.54. The van der Waals surface area contributed by atoms with Gasteiger partial charge in [0.15, 0.2) is 9.84 Å². The first kappa shape index (κ1) is 22.3. The molecule has 0 aromatic heterocycles. The summed E-state index contributed by atoms with van der Waals surface area (Å²) in [5.41, 5.74) is -0.641. The van der Waals surface area contributed by atoms with Gasteiger partial charge >= 0.3 is 6.03 Å². The van der Waals surface area contributed by atoms with E-state index in [0.29, 0.717) is 18.5 Å². The molecule has 2 N–H and O–H groups in total. The minimum Gasteiger partial charge on any atom is -0.325 e. The maximum Gasteiger partial charge on any atom is 0.325 e. The van der Waals surface area contributed by atoms with Crippen LogP contribution < -0.4 is 10.6 Å². The Kier molecular flexibility index (Phi) is 5.70. The lowest BCUT2D eigenvalue weighted by atomic mass is 9.64. The molecular weight excluding hydrogens is 406 g/mol. The molecule has 8 nitrogen and oxygen atoms in total. The zero-order chi connectivity index (χ0) is 22.3. The van der Waals surface area contributed by atoms with Crippen LogP contribution in [0.15, 0.2) is 29.2 Å². The topological polar surface area (TPSA) is 113 Å². The maximum atomic E-state index is 13.1. The Hall–Kier alpha value is -2.42. The first-order chi connectivity index (χ1) is 13.9. The van der Waals surface area contributed by atoms with Crippen LogP contribution in [0.5, 0.6) is 0 Å². The number of imide groups is 1. The molecule has 1 aromatic rings. The lowest BCUT2D eigenvalue weighted by molar-refractivity contribution is -0.136. The number of urea groups is 1. The molecule has 164 valence electrons. The molecule has 0 bridgehead atoms. The highest BCUT2D eigenvalue weighted by Gasteiger charge is 2.56. The van der Waals surface area contributed by atoms with E-state index in [1.165, 1.54) is 24.3 Å². The molecular formula is C21H29N3O5S. The van der Waals surface area contributed by atoms with Crippen molar-refractivity contribution in [1.82, 2.24) is 10.2 Å². The van der Waals surface area contributed by atoms with Crippen molar-refractivity contribution in [2.24, 2.45) is 11.3 Å². The van der Waals surface area contributed by atoms with E-state index in [4.69, 9.17) is 0 Å². The number of carbonyl (C=O) groups is 3. The van der Waals surface area contributed by atoms with Crippen LogP contribution in [0.25, 0.3) is 0 Å². The molecule has 1 aliphatic carbocycles. The average Bonchev–Trinajstić information content (AvgIpc) is 2.83. The predicted octanol–water partition coefficient (Wildman–Crippen LogP) is 2.56. The van der Waals surface area contributed by atoms with Gasteiger partial charge in [-0.25, -0.2) is 13.2 Å². The van der Waals surface area contributed by atoms with Gasteiger partial charge in [0.2, 0.25) is 5.91 Å². The van der Waals surface area contributed by atoms with E-state index >= 15 is 0 Å². The number of sulfone groups is 1. The third kappa shape index (κ3) is 4.35. The van der Waals surface area contributed by atoms with Gasteiger partial charge in [0.25, 0.3) is 5.91 Å². The summed E-state index contributed by atoms with van der Waals surface area (Å²) < 4.78 is 23.8. The monoisotopic (exact) mass is 435 g/mol. The Morgan fingerprint density at radius 1 is 1.20 bits per heavy atom. The van der Waals surface area contributed by atoms with E-state index in [-0.39, 0.29) is 27.9 Å². The minimum atomic E-state index is -3.33.